The highest BCUT2D eigenvalue weighted by atomic mass is 32.1. The van der Waals surface area contributed by atoms with Gasteiger partial charge in [-0.1, -0.05) is 220 Å². The van der Waals surface area contributed by atoms with Gasteiger partial charge in [0, 0.05) is 48.6 Å². The minimum atomic E-state index is -0.480. The number of benzene rings is 11. The van der Waals surface area contributed by atoms with E-state index in [4.69, 9.17) is 4.42 Å². The number of hydrogen-bond donors (Lipinski definition) is 0. The van der Waals surface area contributed by atoms with Gasteiger partial charge in [-0.15, -0.1) is 11.3 Å². The van der Waals surface area contributed by atoms with Crippen LogP contribution in [0.2, 0.25) is 0 Å². The minimum Gasteiger partial charge on any atom is -0.455 e. The van der Waals surface area contributed by atoms with Crippen LogP contribution in [0.4, 0.5) is 17.1 Å². The molecule has 2 heterocycles. The molecule has 13 aromatic rings. The van der Waals surface area contributed by atoms with Crippen LogP contribution in [0.5, 0.6) is 0 Å². The number of furan rings is 1. The second-order valence-electron chi connectivity index (χ2n) is 20.3. The third-order valence-corrected chi connectivity index (χ3v) is 17.5. The highest BCUT2D eigenvalue weighted by Gasteiger charge is 2.46. The molecular weight excluding hydrogens is 903 g/mol. The molecule has 0 radical (unpaired) electrons. The van der Waals surface area contributed by atoms with E-state index in [1.807, 2.05) is 17.4 Å². The lowest BCUT2D eigenvalue weighted by Gasteiger charge is -2.34. The molecule has 11 aromatic carbocycles. The van der Waals surface area contributed by atoms with Gasteiger partial charge in [0.1, 0.15) is 11.2 Å². The predicted molar refractivity (Wildman–Crippen MR) is 307 cm³/mol. The maximum atomic E-state index is 6.54. The van der Waals surface area contributed by atoms with Crippen LogP contribution in [0.25, 0.3) is 86.6 Å². The first-order chi connectivity index (χ1) is 36.0. The van der Waals surface area contributed by atoms with Crippen molar-refractivity contribution < 1.29 is 4.42 Å². The lowest BCUT2D eigenvalue weighted by atomic mass is 9.67. The molecule has 0 amide bonds. The third kappa shape index (κ3) is 6.04. The summed E-state index contributed by atoms with van der Waals surface area (Å²) in [5.41, 5.74) is 22.3. The van der Waals surface area contributed by atoms with E-state index in [0.717, 1.165) is 50.1 Å². The molecule has 2 aliphatic rings. The molecular formula is C70H47NOS. The zero-order valence-electron chi connectivity index (χ0n) is 40.4. The molecule has 0 saturated carbocycles. The molecule has 2 aromatic heterocycles. The molecule has 2 aliphatic carbocycles. The van der Waals surface area contributed by atoms with Gasteiger partial charge in [-0.3, -0.25) is 0 Å². The van der Waals surface area contributed by atoms with E-state index in [2.05, 4.69) is 261 Å². The van der Waals surface area contributed by atoms with Gasteiger partial charge in [-0.2, -0.15) is 0 Å². The van der Waals surface area contributed by atoms with Crippen molar-refractivity contribution in [1.82, 2.24) is 0 Å². The number of hydrogen-bond acceptors (Lipinski definition) is 3. The van der Waals surface area contributed by atoms with E-state index in [9.17, 15) is 0 Å². The summed E-state index contributed by atoms with van der Waals surface area (Å²) in [5, 5.41) is 4.79. The molecule has 3 heteroatoms. The summed E-state index contributed by atoms with van der Waals surface area (Å²) in [6.45, 7) is 4.74. The Kier molecular flexibility index (Phi) is 9.12. The molecule has 0 saturated heterocycles. The Balaban J connectivity index is 0.917. The van der Waals surface area contributed by atoms with E-state index in [-0.39, 0.29) is 5.41 Å². The van der Waals surface area contributed by atoms with Crippen LogP contribution < -0.4 is 4.90 Å². The maximum absolute atomic E-state index is 6.54. The third-order valence-electron chi connectivity index (χ3n) is 16.2. The van der Waals surface area contributed by atoms with Gasteiger partial charge in [0.25, 0.3) is 0 Å². The highest BCUT2D eigenvalue weighted by molar-refractivity contribution is 7.27. The molecule has 344 valence electrons. The fourth-order valence-electron chi connectivity index (χ4n) is 12.8. The van der Waals surface area contributed by atoms with E-state index in [1.165, 1.54) is 86.9 Å². The zero-order chi connectivity index (χ0) is 48.4. The Morgan fingerprint density at radius 2 is 0.890 bits per heavy atom. The molecule has 0 bridgehead atoms. The van der Waals surface area contributed by atoms with Crippen molar-refractivity contribution in [3.05, 3.63) is 282 Å². The Hall–Kier alpha value is -8.76. The van der Waals surface area contributed by atoms with Gasteiger partial charge >= 0.3 is 0 Å². The van der Waals surface area contributed by atoms with Crippen molar-refractivity contribution in [2.45, 2.75) is 24.7 Å². The van der Waals surface area contributed by atoms with Gasteiger partial charge in [0.15, 0.2) is 0 Å². The Labute approximate surface area is 428 Å². The summed E-state index contributed by atoms with van der Waals surface area (Å²) in [6.07, 6.45) is 0. The van der Waals surface area contributed by atoms with E-state index in [0.29, 0.717) is 0 Å². The number of anilines is 3. The minimum absolute atomic E-state index is 0.156. The topological polar surface area (TPSA) is 16.4 Å². The average molecular weight is 950 g/mol. The van der Waals surface area contributed by atoms with Crippen molar-refractivity contribution in [3.63, 3.8) is 0 Å². The van der Waals surface area contributed by atoms with Crippen LogP contribution in [0.1, 0.15) is 47.2 Å². The van der Waals surface area contributed by atoms with Crippen molar-refractivity contribution in [2.75, 3.05) is 4.90 Å². The standard InChI is InChI=1S/C70H47NOS/c1-69(2)60-30-12-9-22-52(60)54-41-39-49(43-62(54)69)71(48-37-34-44(35-38-48)50-25-15-27-57-56-24-11-14-33-65(56)72-66(50)57)64-32-17-29-59-58-28-16-26-51(67(58)73-68(59)64)45-36-40-55-53-23-10-13-31-61(53)70(63(55)42-45,46-18-5-3-6-19-46)47-20-7-4-8-21-47/h3-43H,1-2H3. The van der Waals surface area contributed by atoms with Crippen LogP contribution in [0, 0.1) is 0 Å². The van der Waals surface area contributed by atoms with E-state index < -0.39 is 5.41 Å². The lowest BCUT2D eigenvalue weighted by Crippen LogP contribution is -2.28. The predicted octanol–water partition coefficient (Wildman–Crippen LogP) is 19.4. The maximum Gasteiger partial charge on any atom is 0.143 e. The normalized spacial score (nSPS) is 13.8. The summed E-state index contributed by atoms with van der Waals surface area (Å²) in [5.74, 6) is 0. The smallest absolute Gasteiger partial charge is 0.143 e. The van der Waals surface area contributed by atoms with Gasteiger partial charge in [-0.25, -0.2) is 0 Å². The Morgan fingerprint density at radius 1 is 0.356 bits per heavy atom. The lowest BCUT2D eigenvalue weighted by molar-refractivity contribution is 0.660. The molecule has 2 nitrogen and oxygen atoms in total. The first kappa shape index (κ1) is 42.0. The molecule has 0 unspecified atom stereocenters. The SMILES string of the molecule is CC1(C)c2ccccc2-c2ccc(N(c3ccc(-c4cccc5c4oc4ccccc45)cc3)c3cccc4c3sc3c(-c5ccc6c(c5)C(c5ccccc5)(c5ccccc5)c5ccccc5-6)cccc34)cc21. The number of rotatable bonds is 7. The first-order valence-electron chi connectivity index (χ1n) is 25.3. The summed E-state index contributed by atoms with van der Waals surface area (Å²) in [7, 11) is 0. The number of nitrogens with zero attached hydrogens (tertiary/aromatic N) is 1. The average Bonchev–Trinajstić information content (AvgIpc) is 4.18. The molecule has 0 N–H and O–H groups in total. The number of thiophene rings is 1. The summed E-state index contributed by atoms with van der Waals surface area (Å²) in [6, 6.07) is 92.2. The van der Waals surface area contributed by atoms with Gasteiger partial charge < -0.3 is 9.32 Å². The summed E-state index contributed by atoms with van der Waals surface area (Å²) in [4.78, 5) is 2.49. The van der Waals surface area contributed by atoms with Crippen LogP contribution in [-0.4, -0.2) is 0 Å². The molecule has 0 atom stereocenters. The molecule has 0 aliphatic heterocycles. The van der Waals surface area contributed by atoms with Gasteiger partial charge in [0.2, 0.25) is 0 Å². The van der Waals surface area contributed by atoms with Crippen molar-refractivity contribution >= 4 is 70.5 Å². The van der Waals surface area contributed by atoms with Crippen molar-refractivity contribution in [2.24, 2.45) is 0 Å². The molecule has 0 spiro atoms. The number of para-hydroxylation sites is 2. The number of fused-ring (bicyclic) bond motifs is 12. The quantitative estimate of drug-likeness (QED) is 0.158. The van der Waals surface area contributed by atoms with E-state index >= 15 is 0 Å². The van der Waals surface area contributed by atoms with Gasteiger partial charge in [0.05, 0.1) is 15.8 Å². The van der Waals surface area contributed by atoms with Crippen molar-refractivity contribution in [1.29, 1.82) is 0 Å². The van der Waals surface area contributed by atoms with Crippen LogP contribution in [0.15, 0.2) is 253 Å². The molecule has 15 rings (SSSR count). The fourth-order valence-corrected chi connectivity index (χ4v) is 14.2. The highest BCUT2D eigenvalue weighted by Crippen LogP contribution is 2.58. The monoisotopic (exact) mass is 949 g/mol. The van der Waals surface area contributed by atoms with Gasteiger partial charge in [-0.05, 0) is 115 Å². The fraction of sp³-hybridized carbons (Fsp3) is 0.0571. The molecule has 0 fully saturated rings. The Morgan fingerprint density at radius 3 is 1.66 bits per heavy atom. The summed E-state index contributed by atoms with van der Waals surface area (Å²) < 4.78 is 9.07. The second-order valence-corrected chi connectivity index (χ2v) is 21.3. The van der Waals surface area contributed by atoms with Crippen LogP contribution in [0.3, 0.4) is 0 Å². The Bertz CT molecular complexity index is 4310. The largest absolute Gasteiger partial charge is 0.455 e. The first-order valence-corrected chi connectivity index (χ1v) is 26.1. The molecule has 73 heavy (non-hydrogen) atoms. The van der Waals surface area contributed by atoms with Crippen LogP contribution in [-0.2, 0) is 10.8 Å². The van der Waals surface area contributed by atoms with Crippen LogP contribution >= 0.6 is 11.3 Å². The van der Waals surface area contributed by atoms with Crippen molar-refractivity contribution in [3.8, 4) is 44.5 Å². The summed E-state index contributed by atoms with van der Waals surface area (Å²) >= 11 is 1.91. The zero-order valence-corrected chi connectivity index (χ0v) is 41.3. The second kappa shape index (κ2) is 15.9. The van der Waals surface area contributed by atoms with E-state index in [1.54, 1.807) is 0 Å².